The van der Waals surface area contributed by atoms with Crippen molar-refractivity contribution in [1.29, 1.82) is 0 Å². The third-order valence-electron chi connectivity index (χ3n) is 7.67. The van der Waals surface area contributed by atoms with Crippen LogP contribution in [0.25, 0.3) is 22.3 Å². The van der Waals surface area contributed by atoms with Crippen molar-refractivity contribution in [2.75, 3.05) is 0 Å². The number of ether oxygens (including phenoxy) is 1. The number of alkyl halides is 2. The summed E-state index contributed by atoms with van der Waals surface area (Å²) in [6.07, 6.45) is 1.13. The summed E-state index contributed by atoms with van der Waals surface area (Å²) >= 11 is 0. The molecular weight excluding hydrogens is 583 g/mol. The molecule has 0 aromatic heterocycles. The summed E-state index contributed by atoms with van der Waals surface area (Å²) in [5.41, 5.74) is -2.12. The second-order valence-corrected chi connectivity index (χ2v) is 10.8. The Morgan fingerprint density at radius 3 is 1.81 bits per heavy atom. The second-order valence-electron chi connectivity index (χ2n) is 10.8. The molecule has 224 valence electrons. The number of benzene rings is 4. The largest absolute Gasteiger partial charge is 0.432 e. The van der Waals surface area contributed by atoms with Gasteiger partial charge in [0.05, 0.1) is 0 Å². The van der Waals surface area contributed by atoms with Crippen molar-refractivity contribution in [3.05, 3.63) is 125 Å². The highest BCUT2D eigenvalue weighted by atomic mass is 19.3. The van der Waals surface area contributed by atoms with Gasteiger partial charge in [0.25, 0.3) is 0 Å². The fourth-order valence-corrected chi connectivity index (χ4v) is 5.14. The first-order valence-electron chi connectivity index (χ1n) is 13.2. The molecule has 0 heterocycles. The van der Waals surface area contributed by atoms with Crippen molar-refractivity contribution in [2.24, 2.45) is 5.92 Å². The topological polar surface area (TPSA) is 9.23 Å². The van der Waals surface area contributed by atoms with Gasteiger partial charge in [-0.1, -0.05) is 50.3 Å². The molecule has 5 rings (SSSR count). The third kappa shape index (κ3) is 5.87. The minimum absolute atomic E-state index is 0.0809. The molecule has 0 saturated heterocycles. The average Bonchev–Trinajstić information content (AvgIpc) is 2.92. The van der Waals surface area contributed by atoms with E-state index in [1.807, 2.05) is 6.92 Å². The molecule has 0 bridgehead atoms. The number of hydrogen-bond acceptors (Lipinski definition) is 1. The van der Waals surface area contributed by atoms with E-state index in [-0.39, 0.29) is 34.2 Å². The van der Waals surface area contributed by atoms with Gasteiger partial charge in [0, 0.05) is 28.7 Å². The molecule has 4 aromatic rings. The summed E-state index contributed by atoms with van der Waals surface area (Å²) in [5.74, 6) is -11.8. The molecule has 0 fully saturated rings. The van der Waals surface area contributed by atoms with E-state index in [9.17, 15) is 30.7 Å². The van der Waals surface area contributed by atoms with Crippen LogP contribution in [0.2, 0.25) is 0 Å². The summed E-state index contributed by atoms with van der Waals surface area (Å²) < 4.78 is 133. The van der Waals surface area contributed by atoms with Gasteiger partial charge >= 0.3 is 6.11 Å². The molecule has 1 aliphatic rings. The molecule has 1 aliphatic carbocycles. The van der Waals surface area contributed by atoms with E-state index in [1.54, 1.807) is 6.07 Å². The quantitative estimate of drug-likeness (QED) is 0.121. The lowest BCUT2D eigenvalue weighted by molar-refractivity contribution is -0.189. The molecule has 0 aliphatic heterocycles. The standard InChI is InChI=1S/C33H23F9O/c1-17-7-9-32(2,10-8-17)20-4-6-22(25(35)14-20)18-3-5-23(24(34)11-18)19-12-26(36)30(27(37)13-19)33(41,42)43-21-15-28(38)31(40)29(39)16-21/h3-7,9,11-17H,8,10H2,1-2H3/t17?,32-/m1/s1. The normalized spacial score (nSPS) is 18.6. The first-order chi connectivity index (χ1) is 20.2. The smallest absolute Gasteiger partial charge is 0.429 e. The molecule has 0 amide bonds. The first-order valence-corrected chi connectivity index (χ1v) is 13.2. The Morgan fingerprint density at radius 2 is 1.26 bits per heavy atom. The zero-order valence-corrected chi connectivity index (χ0v) is 22.7. The maximum absolute atomic E-state index is 15.2. The lowest BCUT2D eigenvalue weighted by atomic mass is 9.73. The van der Waals surface area contributed by atoms with Crippen LogP contribution in [-0.4, -0.2) is 0 Å². The van der Waals surface area contributed by atoms with E-state index in [0.29, 0.717) is 18.1 Å². The SMILES string of the molecule is CC1C=C[C@@](C)(c2ccc(-c3ccc(-c4cc(F)c(C(F)(F)Oc5cc(F)c(F)c(F)c5)c(F)c4)c(F)c3)c(F)c2)CC1. The van der Waals surface area contributed by atoms with Gasteiger partial charge in [-0.3, -0.25) is 0 Å². The van der Waals surface area contributed by atoms with Crippen LogP contribution in [0, 0.1) is 46.6 Å². The zero-order chi connectivity index (χ0) is 31.3. The van der Waals surface area contributed by atoms with Crippen molar-refractivity contribution in [3.63, 3.8) is 0 Å². The van der Waals surface area contributed by atoms with Crippen molar-refractivity contribution in [3.8, 4) is 28.0 Å². The van der Waals surface area contributed by atoms with Crippen LogP contribution in [0.3, 0.4) is 0 Å². The lowest BCUT2D eigenvalue weighted by Gasteiger charge is -2.32. The Labute approximate surface area is 241 Å². The van der Waals surface area contributed by atoms with E-state index < -0.39 is 63.7 Å². The number of hydrogen-bond donors (Lipinski definition) is 0. The molecule has 4 aromatic carbocycles. The van der Waals surface area contributed by atoms with Crippen molar-refractivity contribution in [1.82, 2.24) is 0 Å². The Hall–Kier alpha value is -4.21. The summed E-state index contributed by atoms with van der Waals surface area (Å²) in [5, 5.41) is 0. The third-order valence-corrected chi connectivity index (χ3v) is 7.67. The van der Waals surface area contributed by atoms with Crippen molar-refractivity contribution in [2.45, 2.75) is 38.2 Å². The zero-order valence-electron chi connectivity index (χ0n) is 22.7. The molecule has 1 nitrogen and oxygen atoms in total. The van der Waals surface area contributed by atoms with Gasteiger partial charge in [-0.2, -0.15) is 8.78 Å². The minimum atomic E-state index is -4.79. The number of allylic oxidation sites excluding steroid dienone is 2. The van der Waals surface area contributed by atoms with Gasteiger partial charge in [-0.15, -0.1) is 0 Å². The first kappa shape index (κ1) is 30.3. The van der Waals surface area contributed by atoms with Crippen molar-refractivity contribution >= 4 is 0 Å². The highest BCUT2D eigenvalue weighted by Crippen LogP contribution is 2.40. The van der Waals surface area contributed by atoms with E-state index >= 15 is 8.78 Å². The number of rotatable bonds is 6. The number of halogens is 9. The summed E-state index contributed by atoms with van der Waals surface area (Å²) in [6.45, 7) is 4.10. The van der Waals surface area contributed by atoms with Gasteiger partial charge in [0.1, 0.15) is 34.6 Å². The Balaban J connectivity index is 1.42. The molecule has 0 saturated carbocycles. The van der Waals surface area contributed by atoms with Crippen LogP contribution in [0.5, 0.6) is 5.75 Å². The van der Waals surface area contributed by atoms with Crippen LogP contribution < -0.4 is 4.74 Å². The van der Waals surface area contributed by atoms with E-state index in [0.717, 1.165) is 30.5 Å². The van der Waals surface area contributed by atoms with E-state index in [2.05, 4.69) is 23.8 Å². The molecule has 10 heteroatoms. The lowest BCUT2D eigenvalue weighted by Crippen LogP contribution is -2.25. The van der Waals surface area contributed by atoms with Gasteiger partial charge in [0.15, 0.2) is 17.5 Å². The highest BCUT2D eigenvalue weighted by molar-refractivity contribution is 5.72. The molecule has 43 heavy (non-hydrogen) atoms. The molecule has 0 N–H and O–H groups in total. The maximum atomic E-state index is 15.2. The van der Waals surface area contributed by atoms with Crippen LogP contribution >= 0.6 is 0 Å². The van der Waals surface area contributed by atoms with Crippen LogP contribution in [0.15, 0.2) is 72.8 Å². The molecule has 1 unspecified atom stereocenters. The van der Waals surface area contributed by atoms with Crippen molar-refractivity contribution < 1.29 is 44.3 Å². The second kappa shape index (κ2) is 11.1. The molecule has 0 spiro atoms. The van der Waals surface area contributed by atoms with Gasteiger partial charge in [0.2, 0.25) is 0 Å². The predicted molar refractivity (Wildman–Crippen MR) is 143 cm³/mol. The minimum Gasteiger partial charge on any atom is -0.429 e. The van der Waals surface area contributed by atoms with Crippen LogP contribution in [0.1, 0.15) is 37.8 Å². The predicted octanol–water partition coefficient (Wildman–Crippen LogP) is 10.4. The Kier molecular flexibility index (Phi) is 7.83. The summed E-state index contributed by atoms with van der Waals surface area (Å²) in [6, 6.07) is 9.07. The van der Waals surface area contributed by atoms with E-state index in [1.165, 1.54) is 18.2 Å². The van der Waals surface area contributed by atoms with Crippen LogP contribution in [-0.2, 0) is 11.5 Å². The Bertz CT molecular complexity index is 1700. The average molecular weight is 607 g/mol. The molecule has 0 radical (unpaired) electrons. The Morgan fingerprint density at radius 1 is 0.698 bits per heavy atom. The monoisotopic (exact) mass is 606 g/mol. The van der Waals surface area contributed by atoms with Crippen LogP contribution in [0.4, 0.5) is 39.5 Å². The fraction of sp³-hybridized carbons (Fsp3) is 0.212. The van der Waals surface area contributed by atoms with E-state index in [4.69, 9.17) is 0 Å². The van der Waals surface area contributed by atoms with Gasteiger partial charge in [-0.25, -0.2) is 30.7 Å². The highest BCUT2D eigenvalue weighted by Gasteiger charge is 2.41. The summed E-state index contributed by atoms with van der Waals surface area (Å²) in [7, 11) is 0. The maximum Gasteiger partial charge on any atom is 0.432 e. The summed E-state index contributed by atoms with van der Waals surface area (Å²) in [4.78, 5) is 0. The molecule has 2 atom stereocenters. The molecular formula is C33H23F9O. The fourth-order valence-electron chi connectivity index (χ4n) is 5.14. The van der Waals surface area contributed by atoms with Gasteiger partial charge < -0.3 is 4.74 Å². The van der Waals surface area contributed by atoms with Gasteiger partial charge in [-0.05, 0) is 59.7 Å².